The minimum atomic E-state index is -0.609. The third kappa shape index (κ3) is 3.05. The molecule has 0 fully saturated rings. The van der Waals surface area contributed by atoms with E-state index in [4.69, 9.17) is 4.74 Å². The molecule has 19 heavy (non-hydrogen) atoms. The molecule has 0 N–H and O–H groups in total. The molecular formula is C12H8BrFN2O3. The van der Waals surface area contributed by atoms with Gasteiger partial charge in [-0.1, -0.05) is 6.07 Å². The molecule has 0 amide bonds. The van der Waals surface area contributed by atoms with E-state index in [1.54, 1.807) is 6.92 Å². The van der Waals surface area contributed by atoms with Crippen molar-refractivity contribution in [3.8, 4) is 11.6 Å². The van der Waals surface area contributed by atoms with Crippen LogP contribution >= 0.6 is 15.9 Å². The van der Waals surface area contributed by atoms with Gasteiger partial charge in [-0.05, 0) is 34.5 Å². The zero-order chi connectivity index (χ0) is 14.0. The number of aromatic nitrogens is 1. The quantitative estimate of drug-likeness (QED) is 0.631. The summed E-state index contributed by atoms with van der Waals surface area (Å²) in [5.74, 6) is -0.472. The Morgan fingerprint density at radius 2 is 2.16 bits per heavy atom. The second kappa shape index (κ2) is 5.31. The van der Waals surface area contributed by atoms with Crippen molar-refractivity contribution < 1.29 is 14.1 Å². The standard InChI is InChI=1S/C12H8BrFN2O3/c1-7-2-3-9(14)5-11(7)19-12-10(16(17)18)4-8(13)6-15-12/h2-6H,1H3. The zero-order valence-corrected chi connectivity index (χ0v) is 11.3. The van der Waals surface area contributed by atoms with Crippen LogP contribution in [0.5, 0.6) is 11.6 Å². The third-order valence-electron chi connectivity index (χ3n) is 2.35. The van der Waals surface area contributed by atoms with Crippen molar-refractivity contribution in [2.45, 2.75) is 6.92 Å². The zero-order valence-electron chi connectivity index (χ0n) is 9.76. The molecule has 0 saturated heterocycles. The molecule has 2 rings (SSSR count). The molecule has 0 spiro atoms. The van der Waals surface area contributed by atoms with Crippen molar-refractivity contribution in [2.24, 2.45) is 0 Å². The van der Waals surface area contributed by atoms with Gasteiger partial charge in [0.1, 0.15) is 11.6 Å². The maximum atomic E-state index is 13.1. The molecule has 0 radical (unpaired) electrons. The molecule has 1 aromatic carbocycles. The van der Waals surface area contributed by atoms with Crippen LogP contribution in [0.25, 0.3) is 0 Å². The van der Waals surface area contributed by atoms with E-state index in [2.05, 4.69) is 20.9 Å². The predicted molar refractivity (Wildman–Crippen MR) is 69.8 cm³/mol. The van der Waals surface area contributed by atoms with Crippen LogP contribution in [0.15, 0.2) is 34.9 Å². The number of hydrogen-bond acceptors (Lipinski definition) is 4. The number of aryl methyl sites for hydroxylation is 1. The van der Waals surface area contributed by atoms with E-state index in [-0.39, 0.29) is 17.3 Å². The first-order chi connectivity index (χ1) is 8.97. The lowest BCUT2D eigenvalue weighted by Crippen LogP contribution is -1.97. The van der Waals surface area contributed by atoms with Crippen molar-refractivity contribution in [3.63, 3.8) is 0 Å². The highest BCUT2D eigenvalue weighted by Gasteiger charge is 2.19. The van der Waals surface area contributed by atoms with E-state index >= 15 is 0 Å². The van der Waals surface area contributed by atoms with E-state index in [9.17, 15) is 14.5 Å². The Morgan fingerprint density at radius 1 is 1.42 bits per heavy atom. The first kappa shape index (κ1) is 13.4. The first-order valence-corrected chi connectivity index (χ1v) is 6.00. The molecule has 0 unspecified atom stereocenters. The Labute approximate surface area is 116 Å². The Morgan fingerprint density at radius 3 is 2.84 bits per heavy atom. The van der Waals surface area contributed by atoms with Gasteiger partial charge >= 0.3 is 5.69 Å². The van der Waals surface area contributed by atoms with Crippen LogP contribution in [0.2, 0.25) is 0 Å². The van der Waals surface area contributed by atoms with Crippen LogP contribution < -0.4 is 4.74 Å². The van der Waals surface area contributed by atoms with E-state index in [0.717, 1.165) is 6.07 Å². The maximum Gasteiger partial charge on any atom is 0.332 e. The summed E-state index contributed by atoms with van der Waals surface area (Å²) in [5, 5.41) is 10.9. The largest absolute Gasteiger partial charge is 0.433 e. The number of nitro groups is 1. The Bertz CT molecular complexity index is 649. The van der Waals surface area contributed by atoms with Gasteiger partial charge in [-0.25, -0.2) is 9.37 Å². The average Bonchev–Trinajstić information content (AvgIpc) is 2.35. The van der Waals surface area contributed by atoms with Crippen LogP contribution in [-0.4, -0.2) is 9.91 Å². The van der Waals surface area contributed by atoms with Crippen LogP contribution in [0.4, 0.5) is 10.1 Å². The van der Waals surface area contributed by atoms with Gasteiger partial charge in [0.05, 0.1) is 4.92 Å². The molecule has 0 aliphatic heterocycles. The number of rotatable bonds is 3. The summed E-state index contributed by atoms with van der Waals surface area (Å²) in [4.78, 5) is 14.1. The van der Waals surface area contributed by atoms with Crippen molar-refractivity contribution in [2.75, 3.05) is 0 Å². The lowest BCUT2D eigenvalue weighted by Gasteiger charge is -2.08. The number of nitrogens with zero attached hydrogens (tertiary/aromatic N) is 2. The van der Waals surface area contributed by atoms with E-state index in [0.29, 0.717) is 10.0 Å². The second-order valence-corrected chi connectivity index (χ2v) is 4.66. The number of ether oxygens (including phenoxy) is 1. The average molecular weight is 327 g/mol. The van der Waals surface area contributed by atoms with E-state index in [1.165, 1.54) is 24.4 Å². The van der Waals surface area contributed by atoms with Crippen molar-refractivity contribution >= 4 is 21.6 Å². The minimum absolute atomic E-state index is 0.179. The van der Waals surface area contributed by atoms with E-state index < -0.39 is 10.7 Å². The molecule has 0 aliphatic rings. The second-order valence-electron chi connectivity index (χ2n) is 3.75. The summed E-state index contributed by atoms with van der Waals surface area (Å²) < 4.78 is 18.9. The van der Waals surface area contributed by atoms with Gasteiger partial charge in [0.15, 0.2) is 0 Å². The van der Waals surface area contributed by atoms with Crippen LogP contribution in [0, 0.1) is 22.9 Å². The Balaban J connectivity index is 2.43. The molecule has 0 bridgehead atoms. The maximum absolute atomic E-state index is 13.1. The highest BCUT2D eigenvalue weighted by molar-refractivity contribution is 9.10. The predicted octanol–water partition coefficient (Wildman–Crippen LogP) is 3.99. The topological polar surface area (TPSA) is 65.3 Å². The number of halogens is 2. The summed E-state index contributed by atoms with van der Waals surface area (Å²) in [6.45, 7) is 1.71. The Hall–Kier alpha value is -2.02. The third-order valence-corrected chi connectivity index (χ3v) is 2.79. The lowest BCUT2D eigenvalue weighted by molar-refractivity contribution is -0.386. The number of pyridine rings is 1. The monoisotopic (exact) mass is 326 g/mol. The van der Waals surface area contributed by atoms with Crippen LogP contribution in [0.1, 0.15) is 5.56 Å². The van der Waals surface area contributed by atoms with Gasteiger partial charge in [0, 0.05) is 22.8 Å². The van der Waals surface area contributed by atoms with Crippen molar-refractivity contribution in [1.29, 1.82) is 0 Å². The van der Waals surface area contributed by atoms with Gasteiger partial charge in [0.2, 0.25) is 0 Å². The first-order valence-electron chi connectivity index (χ1n) is 5.21. The Kier molecular flexibility index (Phi) is 3.75. The van der Waals surface area contributed by atoms with Gasteiger partial charge < -0.3 is 4.74 Å². The summed E-state index contributed by atoms with van der Waals surface area (Å²) >= 11 is 3.09. The van der Waals surface area contributed by atoms with Crippen LogP contribution in [-0.2, 0) is 0 Å². The summed E-state index contributed by atoms with van der Waals surface area (Å²) in [7, 11) is 0. The molecule has 7 heteroatoms. The molecule has 0 saturated carbocycles. The van der Waals surface area contributed by atoms with Crippen molar-refractivity contribution in [1.82, 2.24) is 4.98 Å². The van der Waals surface area contributed by atoms with Gasteiger partial charge in [-0.3, -0.25) is 10.1 Å². The minimum Gasteiger partial charge on any atom is -0.433 e. The van der Waals surface area contributed by atoms with Crippen molar-refractivity contribution in [3.05, 3.63) is 56.4 Å². The number of benzene rings is 1. The fraction of sp³-hybridized carbons (Fsp3) is 0.0833. The number of hydrogen-bond donors (Lipinski definition) is 0. The summed E-state index contributed by atoms with van der Waals surface area (Å²) in [6.07, 6.45) is 1.37. The molecule has 0 atom stereocenters. The van der Waals surface area contributed by atoms with Crippen LogP contribution in [0.3, 0.4) is 0 Å². The summed E-state index contributed by atoms with van der Waals surface area (Å²) in [6, 6.07) is 5.24. The fourth-order valence-electron chi connectivity index (χ4n) is 1.41. The van der Waals surface area contributed by atoms with Gasteiger partial charge in [0.25, 0.3) is 5.88 Å². The molecule has 1 aromatic heterocycles. The normalized spacial score (nSPS) is 10.3. The lowest BCUT2D eigenvalue weighted by atomic mass is 10.2. The molecule has 98 valence electrons. The molecule has 2 aromatic rings. The van der Waals surface area contributed by atoms with Gasteiger partial charge in [-0.2, -0.15) is 0 Å². The summed E-state index contributed by atoms with van der Waals surface area (Å²) in [5.41, 5.74) is 0.360. The highest BCUT2D eigenvalue weighted by Crippen LogP contribution is 2.32. The molecule has 1 heterocycles. The highest BCUT2D eigenvalue weighted by atomic mass is 79.9. The van der Waals surface area contributed by atoms with Gasteiger partial charge in [-0.15, -0.1) is 0 Å². The smallest absolute Gasteiger partial charge is 0.332 e. The SMILES string of the molecule is Cc1ccc(F)cc1Oc1ncc(Br)cc1[N+](=O)[O-]. The molecular weight excluding hydrogens is 319 g/mol. The van der Waals surface area contributed by atoms with E-state index in [1.807, 2.05) is 0 Å². The molecule has 0 aliphatic carbocycles. The molecule has 5 nitrogen and oxygen atoms in total. The fourth-order valence-corrected chi connectivity index (χ4v) is 1.73.